The van der Waals surface area contributed by atoms with E-state index < -0.39 is 0 Å². The van der Waals surface area contributed by atoms with E-state index in [1.807, 2.05) is 12.1 Å². The van der Waals surface area contributed by atoms with Gasteiger partial charge in [-0.15, -0.1) is 5.10 Å². The van der Waals surface area contributed by atoms with Crippen molar-refractivity contribution in [3.8, 4) is 17.2 Å². The number of nitrogens with zero attached hydrogens (tertiary/aromatic N) is 3. The Morgan fingerprint density at radius 1 is 1.20 bits per heavy atom. The van der Waals surface area contributed by atoms with Gasteiger partial charge in [-0.3, -0.25) is 4.68 Å². The van der Waals surface area contributed by atoms with E-state index in [0.717, 1.165) is 11.3 Å². The van der Waals surface area contributed by atoms with Crippen LogP contribution in [-0.2, 0) is 20.2 Å². The van der Waals surface area contributed by atoms with Crippen molar-refractivity contribution < 1.29 is 14.2 Å². The van der Waals surface area contributed by atoms with Crippen molar-refractivity contribution in [1.82, 2.24) is 15.0 Å². The maximum atomic E-state index is 5.74. The first-order valence-corrected chi connectivity index (χ1v) is 6.11. The van der Waals surface area contributed by atoms with E-state index in [-0.39, 0.29) is 6.61 Å². The fourth-order valence-corrected chi connectivity index (χ4v) is 1.80. The summed E-state index contributed by atoms with van der Waals surface area (Å²) in [4.78, 5) is 0. The van der Waals surface area contributed by atoms with Crippen LogP contribution in [0, 0.1) is 0 Å². The molecule has 0 atom stereocenters. The van der Waals surface area contributed by atoms with Crippen molar-refractivity contribution in [2.45, 2.75) is 13.2 Å². The van der Waals surface area contributed by atoms with E-state index in [4.69, 9.17) is 19.9 Å². The first kappa shape index (κ1) is 14.1. The van der Waals surface area contributed by atoms with Crippen LogP contribution < -0.4 is 19.9 Å². The molecular formula is C13H18N4O3. The summed E-state index contributed by atoms with van der Waals surface area (Å²) in [5.41, 5.74) is 7.27. The molecule has 0 fully saturated rings. The van der Waals surface area contributed by atoms with Gasteiger partial charge in [-0.05, 0) is 17.7 Å². The van der Waals surface area contributed by atoms with Crippen molar-refractivity contribution in [2.75, 3.05) is 14.2 Å². The molecule has 20 heavy (non-hydrogen) atoms. The smallest absolute Gasteiger partial charge is 0.203 e. The minimum atomic E-state index is 0.280. The second-order valence-corrected chi connectivity index (χ2v) is 4.21. The third-order valence-corrected chi connectivity index (χ3v) is 2.77. The number of rotatable bonds is 6. The molecule has 108 valence electrons. The van der Waals surface area contributed by atoms with Gasteiger partial charge in [0.25, 0.3) is 0 Å². The molecular weight excluding hydrogens is 260 g/mol. The van der Waals surface area contributed by atoms with Crippen LogP contribution in [0.2, 0.25) is 0 Å². The van der Waals surface area contributed by atoms with E-state index in [1.54, 1.807) is 32.1 Å². The summed E-state index contributed by atoms with van der Waals surface area (Å²) in [5.74, 6) is 1.68. The molecule has 2 N–H and O–H groups in total. The molecule has 7 nitrogen and oxygen atoms in total. The van der Waals surface area contributed by atoms with Crippen molar-refractivity contribution >= 4 is 0 Å². The third-order valence-electron chi connectivity index (χ3n) is 2.77. The van der Waals surface area contributed by atoms with Crippen molar-refractivity contribution in [3.63, 3.8) is 0 Å². The van der Waals surface area contributed by atoms with Crippen molar-refractivity contribution in [3.05, 3.63) is 29.6 Å². The van der Waals surface area contributed by atoms with Gasteiger partial charge in [-0.2, -0.15) is 0 Å². The number of aromatic nitrogens is 3. The zero-order valence-corrected chi connectivity index (χ0v) is 11.8. The fraction of sp³-hybridized carbons (Fsp3) is 0.385. The highest BCUT2D eigenvalue weighted by molar-refractivity contribution is 5.53. The largest absolute Gasteiger partial charge is 0.493 e. The molecule has 1 heterocycles. The summed E-state index contributed by atoms with van der Waals surface area (Å²) in [6, 6.07) is 3.66. The quantitative estimate of drug-likeness (QED) is 0.844. The van der Waals surface area contributed by atoms with Gasteiger partial charge in [0.15, 0.2) is 11.5 Å². The maximum Gasteiger partial charge on any atom is 0.203 e. The van der Waals surface area contributed by atoms with Gasteiger partial charge in [0.2, 0.25) is 5.75 Å². The predicted octanol–water partition coefficient (Wildman–Crippen LogP) is 0.870. The minimum absolute atomic E-state index is 0.280. The summed E-state index contributed by atoms with van der Waals surface area (Å²) in [6.07, 6.45) is 1.78. The van der Waals surface area contributed by atoms with E-state index in [0.29, 0.717) is 23.8 Å². The first-order chi connectivity index (χ1) is 9.67. The molecule has 0 aliphatic rings. The molecule has 0 saturated carbocycles. The first-order valence-electron chi connectivity index (χ1n) is 6.11. The highest BCUT2D eigenvalue weighted by Crippen LogP contribution is 2.38. The molecule has 0 spiro atoms. The van der Waals surface area contributed by atoms with Crippen LogP contribution in [0.5, 0.6) is 17.2 Å². The van der Waals surface area contributed by atoms with Crippen LogP contribution in [0.4, 0.5) is 0 Å². The second kappa shape index (κ2) is 6.25. The lowest BCUT2D eigenvalue weighted by molar-refractivity contribution is 0.262. The lowest BCUT2D eigenvalue weighted by Crippen LogP contribution is -2.03. The predicted molar refractivity (Wildman–Crippen MR) is 72.8 cm³/mol. The average Bonchev–Trinajstić information content (AvgIpc) is 2.89. The van der Waals surface area contributed by atoms with Gasteiger partial charge in [0, 0.05) is 13.6 Å². The Hall–Kier alpha value is -2.28. The highest BCUT2D eigenvalue weighted by Gasteiger charge is 2.14. The summed E-state index contributed by atoms with van der Waals surface area (Å²) in [7, 11) is 4.95. The number of nitrogens with two attached hydrogens (primary N) is 1. The van der Waals surface area contributed by atoms with Crippen LogP contribution >= 0.6 is 0 Å². The van der Waals surface area contributed by atoms with Gasteiger partial charge in [0.1, 0.15) is 12.3 Å². The summed E-state index contributed by atoms with van der Waals surface area (Å²) in [5, 5.41) is 7.81. The van der Waals surface area contributed by atoms with Crippen LogP contribution in [0.1, 0.15) is 11.3 Å². The number of methoxy groups -OCH3 is 2. The molecule has 0 radical (unpaired) electrons. The fourth-order valence-electron chi connectivity index (χ4n) is 1.80. The second-order valence-electron chi connectivity index (χ2n) is 4.21. The zero-order chi connectivity index (χ0) is 14.5. The van der Waals surface area contributed by atoms with Crippen LogP contribution in [0.25, 0.3) is 0 Å². The molecule has 2 aromatic rings. The average molecular weight is 278 g/mol. The SMILES string of the molecule is COc1cc(CN)cc(OC)c1OCc1cn(C)nn1. The standard InChI is InChI=1S/C13H18N4O3/c1-17-7-10(15-16-17)8-20-13-11(18-2)4-9(6-14)5-12(13)19-3/h4-5,7H,6,8,14H2,1-3H3. The third kappa shape index (κ3) is 3.00. The molecule has 0 amide bonds. The minimum Gasteiger partial charge on any atom is -0.493 e. The molecule has 1 aromatic carbocycles. The van der Waals surface area contributed by atoms with Gasteiger partial charge < -0.3 is 19.9 Å². The van der Waals surface area contributed by atoms with E-state index in [2.05, 4.69) is 10.3 Å². The van der Waals surface area contributed by atoms with Gasteiger partial charge in [-0.25, -0.2) is 0 Å². The van der Waals surface area contributed by atoms with Gasteiger partial charge in [-0.1, -0.05) is 5.21 Å². The molecule has 0 unspecified atom stereocenters. The molecule has 0 bridgehead atoms. The van der Waals surface area contributed by atoms with E-state index in [1.165, 1.54) is 0 Å². The maximum absolute atomic E-state index is 5.74. The number of hydrogen-bond acceptors (Lipinski definition) is 6. The number of benzene rings is 1. The molecule has 2 rings (SSSR count). The Kier molecular flexibility index (Phi) is 4.41. The van der Waals surface area contributed by atoms with Crippen LogP contribution in [0.3, 0.4) is 0 Å². The van der Waals surface area contributed by atoms with E-state index >= 15 is 0 Å². The normalized spacial score (nSPS) is 10.4. The summed E-state index contributed by atoms with van der Waals surface area (Å²) in [6.45, 7) is 0.680. The van der Waals surface area contributed by atoms with Gasteiger partial charge >= 0.3 is 0 Å². The molecule has 7 heteroatoms. The Balaban J connectivity index is 2.24. The molecule has 1 aromatic heterocycles. The number of ether oxygens (including phenoxy) is 3. The molecule has 0 saturated heterocycles. The lowest BCUT2D eigenvalue weighted by Gasteiger charge is -2.15. The Morgan fingerprint density at radius 2 is 1.85 bits per heavy atom. The van der Waals surface area contributed by atoms with Crippen molar-refractivity contribution in [2.24, 2.45) is 12.8 Å². The monoisotopic (exact) mass is 278 g/mol. The highest BCUT2D eigenvalue weighted by atomic mass is 16.5. The summed E-state index contributed by atoms with van der Waals surface area (Å²) >= 11 is 0. The summed E-state index contributed by atoms with van der Waals surface area (Å²) < 4.78 is 18.0. The molecule has 0 aliphatic heterocycles. The van der Waals surface area contributed by atoms with Crippen LogP contribution in [0.15, 0.2) is 18.3 Å². The Labute approximate surface area is 117 Å². The van der Waals surface area contributed by atoms with Crippen molar-refractivity contribution in [1.29, 1.82) is 0 Å². The number of aryl methyl sites for hydroxylation is 1. The number of hydrogen-bond donors (Lipinski definition) is 1. The van der Waals surface area contributed by atoms with E-state index in [9.17, 15) is 0 Å². The zero-order valence-electron chi connectivity index (χ0n) is 11.8. The van der Waals surface area contributed by atoms with Gasteiger partial charge in [0.05, 0.1) is 20.4 Å². The molecule has 0 aliphatic carbocycles. The Bertz CT molecular complexity index is 558. The Morgan fingerprint density at radius 3 is 2.30 bits per heavy atom. The van der Waals surface area contributed by atoms with Crippen LogP contribution in [-0.4, -0.2) is 29.2 Å². The topological polar surface area (TPSA) is 84.4 Å². The lowest BCUT2D eigenvalue weighted by atomic mass is 10.2.